The first-order valence-corrected chi connectivity index (χ1v) is 6.51. The number of hydrogen-bond acceptors (Lipinski definition) is 4. The summed E-state index contributed by atoms with van der Waals surface area (Å²) in [4.78, 5) is 20.3. The molecule has 0 saturated heterocycles. The highest BCUT2D eigenvalue weighted by Crippen LogP contribution is 2.10. The van der Waals surface area contributed by atoms with Gasteiger partial charge in [-0.15, -0.1) is 0 Å². The number of carbonyl (C=O) groups is 1. The summed E-state index contributed by atoms with van der Waals surface area (Å²) in [5, 5.41) is 2.80. The molecule has 1 N–H and O–H groups in total. The predicted octanol–water partition coefficient (Wildman–Crippen LogP) is 2.10. The number of amides is 1. The molecule has 0 aliphatic heterocycles. The third-order valence-corrected chi connectivity index (χ3v) is 3.08. The number of carbonyl (C=O) groups excluding carboxylic acids is 1. The van der Waals surface area contributed by atoms with Crippen molar-refractivity contribution in [2.75, 3.05) is 0 Å². The van der Waals surface area contributed by atoms with Crippen LogP contribution in [0.3, 0.4) is 0 Å². The summed E-state index contributed by atoms with van der Waals surface area (Å²) in [6.45, 7) is 2.32. The third-order valence-electron chi connectivity index (χ3n) is 3.08. The lowest BCUT2D eigenvalue weighted by atomic mass is 10.2. The first kappa shape index (κ1) is 13.1. The monoisotopic (exact) mass is 282 g/mol. The highest BCUT2D eigenvalue weighted by atomic mass is 16.3. The van der Waals surface area contributed by atoms with E-state index in [0.29, 0.717) is 12.3 Å². The van der Waals surface area contributed by atoms with Crippen LogP contribution in [-0.4, -0.2) is 20.4 Å². The van der Waals surface area contributed by atoms with Crippen LogP contribution < -0.4 is 5.32 Å². The summed E-state index contributed by atoms with van der Waals surface area (Å²) >= 11 is 0. The van der Waals surface area contributed by atoms with Gasteiger partial charge in [-0.3, -0.25) is 9.36 Å². The van der Waals surface area contributed by atoms with Gasteiger partial charge in [-0.25, -0.2) is 9.97 Å². The Hall–Kier alpha value is -2.89. The van der Waals surface area contributed by atoms with Crippen LogP contribution in [0.25, 0.3) is 5.82 Å². The minimum Gasteiger partial charge on any atom is -0.459 e. The maximum atomic E-state index is 11.8. The normalized spacial score (nSPS) is 10.5. The summed E-state index contributed by atoms with van der Waals surface area (Å²) in [6.07, 6.45) is 6.76. The van der Waals surface area contributed by atoms with Gasteiger partial charge in [-0.1, -0.05) is 0 Å². The lowest BCUT2D eigenvalue weighted by Crippen LogP contribution is -2.22. The Balaban J connectivity index is 1.72. The number of nitrogens with one attached hydrogen (secondary N) is 1. The standard InChI is InChI=1S/C15H14N4O2/c1-11-16-6-7-19(11)14-9-12(4-5-17-14)10-18-15(20)13-3-2-8-21-13/h2-9H,10H2,1H3,(H,18,20). The maximum Gasteiger partial charge on any atom is 0.287 e. The minimum atomic E-state index is -0.239. The van der Waals surface area contributed by atoms with Crippen LogP contribution in [0.4, 0.5) is 0 Å². The Labute approximate surface area is 121 Å². The predicted molar refractivity (Wildman–Crippen MR) is 76.0 cm³/mol. The SMILES string of the molecule is Cc1nccn1-c1cc(CNC(=O)c2ccco2)ccn1. The molecule has 3 heterocycles. The molecule has 0 aromatic carbocycles. The average molecular weight is 282 g/mol. The lowest BCUT2D eigenvalue weighted by Gasteiger charge is -2.07. The number of pyridine rings is 1. The van der Waals surface area contributed by atoms with Gasteiger partial charge < -0.3 is 9.73 Å². The second-order valence-corrected chi connectivity index (χ2v) is 4.53. The van der Waals surface area contributed by atoms with Crippen LogP contribution in [0.5, 0.6) is 0 Å². The molecule has 0 bridgehead atoms. The van der Waals surface area contributed by atoms with E-state index in [-0.39, 0.29) is 5.91 Å². The minimum absolute atomic E-state index is 0.239. The number of rotatable bonds is 4. The summed E-state index contributed by atoms with van der Waals surface area (Å²) < 4.78 is 6.93. The van der Waals surface area contributed by atoms with Crippen molar-refractivity contribution in [2.45, 2.75) is 13.5 Å². The van der Waals surface area contributed by atoms with Crippen molar-refractivity contribution >= 4 is 5.91 Å². The van der Waals surface area contributed by atoms with E-state index in [4.69, 9.17) is 4.42 Å². The van der Waals surface area contributed by atoms with Gasteiger partial charge in [0.15, 0.2) is 5.76 Å². The zero-order valence-corrected chi connectivity index (χ0v) is 11.5. The number of aromatic nitrogens is 3. The van der Waals surface area contributed by atoms with Crippen LogP contribution in [0.2, 0.25) is 0 Å². The molecule has 1 amide bonds. The molecule has 0 radical (unpaired) electrons. The molecule has 3 aromatic rings. The van der Waals surface area contributed by atoms with E-state index in [1.807, 2.05) is 29.8 Å². The summed E-state index contributed by atoms with van der Waals surface area (Å²) in [5.41, 5.74) is 0.952. The van der Waals surface area contributed by atoms with Crippen LogP contribution in [0.1, 0.15) is 21.9 Å². The van der Waals surface area contributed by atoms with Crippen molar-refractivity contribution < 1.29 is 9.21 Å². The van der Waals surface area contributed by atoms with Gasteiger partial charge in [0.2, 0.25) is 0 Å². The second-order valence-electron chi connectivity index (χ2n) is 4.53. The zero-order valence-electron chi connectivity index (χ0n) is 11.5. The topological polar surface area (TPSA) is 73.0 Å². The molecule has 0 spiro atoms. The van der Waals surface area contributed by atoms with Crippen molar-refractivity contribution in [1.29, 1.82) is 0 Å². The molecule has 0 saturated carbocycles. The number of imidazole rings is 1. The Morgan fingerprint density at radius 2 is 2.24 bits per heavy atom. The molecular weight excluding hydrogens is 268 g/mol. The van der Waals surface area contributed by atoms with Crippen LogP contribution in [0, 0.1) is 6.92 Å². The van der Waals surface area contributed by atoms with E-state index < -0.39 is 0 Å². The van der Waals surface area contributed by atoms with E-state index in [2.05, 4.69) is 15.3 Å². The molecule has 6 heteroatoms. The van der Waals surface area contributed by atoms with Gasteiger partial charge >= 0.3 is 0 Å². The van der Waals surface area contributed by atoms with E-state index in [1.54, 1.807) is 24.5 Å². The van der Waals surface area contributed by atoms with Gasteiger partial charge in [0.05, 0.1) is 6.26 Å². The number of aryl methyl sites for hydroxylation is 1. The van der Waals surface area contributed by atoms with Gasteiger partial charge in [-0.2, -0.15) is 0 Å². The van der Waals surface area contributed by atoms with E-state index in [0.717, 1.165) is 17.2 Å². The fourth-order valence-electron chi connectivity index (χ4n) is 2.00. The Kier molecular flexibility index (Phi) is 3.51. The quantitative estimate of drug-likeness (QED) is 0.795. The fourth-order valence-corrected chi connectivity index (χ4v) is 2.00. The molecule has 6 nitrogen and oxygen atoms in total. The van der Waals surface area contributed by atoms with Crippen molar-refractivity contribution in [1.82, 2.24) is 19.9 Å². The van der Waals surface area contributed by atoms with E-state index >= 15 is 0 Å². The largest absolute Gasteiger partial charge is 0.459 e. The maximum absolute atomic E-state index is 11.8. The van der Waals surface area contributed by atoms with Crippen molar-refractivity contribution in [3.8, 4) is 5.82 Å². The van der Waals surface area contributed by atoms with Gasteiger partial charge in [0, 0.05) is 25.1 Å². The first-order valence-electron chi connectivity index (χ1n) is 6.51. The molecule has 0 aliphatic carbocycles. The average Bonchev–Trinajstić information content (AvgIpc) is 3.16. The third kappa shape index (κ3) is 2.84. The molecular formula is C15H14N4O2. The van der Waals surface area contributed by atoms with Gasteiger partial charge in [0.25, 0.3) is 5.91 Å². The molecule has 3 aromatic heterocycles. The fraction of sp³-hybridized carbons (Fsp3) is 0.133. The Morgan fingerprint density at radius 3 is 2.95 bits per heavy atom. The molecule has 0 aliphatic rings. The zero-order chi connectivity index (χ0) is 14.7. The van der Waals surface area contributed by atoms with Crippen LogP contribution >= 0.6 is 0 Å². The smallest absolute Gasteiger partial charge is 0.287 e. The number of nitrogens with zero attached hydrogens (tertiary/aromatic N) is 3. The highest BCUT2D eigenvalue weighted by Gasteiger charge is 2.08. The Morgan fingerprint density at radius 1 is 1.33 bits per heavy atom. The summed E-state index contributed by atoms with van der Waals surface area (Å²) in [5.74, 6) is 1.70. The molecule has 0 fully saturated rings. The molecule has 3 rings (SSSR count). The van der Waals surface area contributed by atoms with E-state index in [9.17, 15) is 4.79 Å². The number of hydrogen-bond donors (Lipinski definition) is 1. The van der Waals surface area contributed by atoms with Crippen molar-refractivity contribution in [3.05, 3.63) is 66.3 Å². The Bertz CT molecular complexity index is 747. The van der Waals surface area contributed by atoms with Gasteiger partial charge in [-0.05, 0) is 36.8 Å². The van der Waals surface area contributed by atoms with Crippen LogP contribution in [-0.2, 0) is 6.54 Å². The summed E-state index contributed by atoms with van der Waals surface area (Å²) in [6, 6.07) is 7.08. The number of furan rings is 1. The lowest BCUT2D eigenvalue weighted by molar-refractivity contribution is 0.0923. The second kappa shape index (κ2) is 5.62. The molecule has 0 unspecified atom stereocenters. The molecule has 106 valence electrons. The van der Waals surface area contributed by atoms with Crippen molar-refractivity contribution in [3.63, 3.8) is 0 Å². The van der Waals surface area contributed by atoms with E-state index in [1.165, 1.54) is 6.26 Å². The molecule has 0 atom stereocenters. The van der Waals surface area contributed by atoms with Crippen LogP contribution in [0.15, 0.2) is 53.5 Å². The molecule has 21 heavy (non-hydrogen) atoms. The van der Waals surface area contributed by atoms with Gasteiger partial charge in [0.1, 0.15) is 11.6 Å². The first-order chi connectivity index (χ1) is 10.2. The van der Waals surface area contributed by atoms with Crippen molar-refractivity contribution in [2.24, 2.45) is 0 Å². The highest BCUT2D eigenvalue weighted by molar-refractivity contribution is 5.91. The summed E-state index contributed by atoms with van der Waals surface area (Å²) in [7, 11) is 0.